The fourth-order valence-corrected chi connectivity index (χ4v) is 4.21. The Balaban J connectivity index is 1.41. The van der Waals surface area contributed by atoms with E-state index in [1.165, 1.54) is 64.2 Å². The Morgan fingerprint density at radius 1 is 0.571 bits per heavy atom. The Kier molecular flexibility index (Phi) is 12.3. The first kappa shape index (κ1) is 26.8. The molecule has 35 heavy (non-hydrogen) atoms. The van der Waals surface area contributed by atoms with Gasteiger partial charge < -0.3 is 9.47 Å². The Morgan fingerprint density at radius 3 is 1.54 bits per heavy atom. The van der Waals surface area contributed by atoms with Gasteiger partial charge in [-0.3, -0.25) is 5.10 Å². The topological polar surface area (TPSA) is 47.1 Å². The molecule has 3 rings (SSSR count). The van der Waals surface area contributed by atoms with Crippen molar-refractivity contribution in [1.29, 1.82) is 0 Å². The fraction of sp³-hybridized carbons (Fsp3) is 0.516. The van der Waals surface area contributed by atoms with Crippen molar-refractivity contribution in [3.05, 3.63) is 54.6 Å². The van der Waals surface area contributed by atoms with E-state index in [9.17, 15) is 0 Å². The van der Waals surface area contributed by atoms with Gasteiger partial charge in [0.2, 0.25) is 0 Å². The number of rotatable bonds is 18. The zero-order chi connectivity index (χ0) is 24.6. The van der Waals surface area contributed by atoms with Crippen LogP contribution in [0.2, 0.25) is 0 Å². The summed E-state index contributed by atoms with van der Waals surface area (Å²) in [7, 11) is 0. The highest BCUT2D eigenvalue weighted by atomic mass is 16.5. The van der Waals surface area contributed by atoms with E-state index in [2.05, 4.69) is 54.4 Å². The summed E-state index contributed by atoms with van der Waals surface area (Å²) < 4.78 is 11.8. The molecule has 190 valence electrons. The SMILES string of the molecule is CCCCCCCCOc1ccc(-c2cc(-c3ccc(OCCCCCCCC)cc3)[nH]n2)cc1. The van der Waals surface area contributed by atoms with Crippen molar-refractivity contribution in [2.45, 2.75) is 90.9 Å². The lowest BCUT2D eigenvalue weighted by atomic mass is 10.1. The largest absolute Gasteiger partial charge is 0.494 e. The summed E-state index contributed by atoms with van der Waals surface area (Å²) in [6.45, 7) is 6.08. The molecule has 0 saturated heterocycles. The molecule has 0 fully saturated rings. The minimum absolute atomic E-state index is 0.788. The molecule has 1 N–H and O–H groups in total. The third-order valence-corrected chi connectivity index (χ3v) is 6.43. The molecule has 0 aliphatic carbocycles. The van der Waals surface area contributed by atoms with Gasteiger partial charge in [0, 0.05) is 5.56 Å². The van der Waals surface area contributed by atoms with Crippen LogP contribution in [0.15, 0.2) is 54.6 Å². The Morgan fingerprint density at radius 2 is 1.03 bits per heavy atom. The molecular formula is C31H44N2O2. The van der Waals surface area contributed by atoms with E-state index < -0.39 is 0 Å². The number of nitrogens with one attached hydrogen (secondary N) is 1. The van der Waals surface area contributed by atoms with Gasteiger partial charge in [-0.05, 0) is 73.0 Å². The lowest BCUT2D eigenvalue weighted by Gasteiger charge is -2.07. The highest BCUT2D eigenvalue weighted by Crippen LogP contribution is 2.27. The second-order valence-corrected chi connectivity index (χ2v) is 9.45. The van der Waals surface area contributed by atoms with E-state index in [1.807, 2.05) is 24.3 Å². The molecule has 0 spiro atoms. The number of aromatic nitrogens is 2. The van der Waals surface area contributed by atoms with E-state index >= 15 is 0 Å². The van der Waals surface area contributed by atoms with Gasteiger partial charge in [-0.1, -0.05) is 78.1 Å². The monoisotopic (exact) mass is 476 g/mol. The van der Waals surface area contributed by atoms with E-state index in [4.69, 9.17) is 9.47 Å². The van der Waals surface area contributed by atoms with Crippen LogP contribution in [0.25, 0.3) is 22.5 Å². The average molecular weight is 477 g/mol. The van der Waals surface area contributed by atoms with Crippen LogP contribution in [0.5, 0.6) is 11.5 Å². The third-order valence-electron chi connectivity index (χ3n) is 6.43. The second kappa shape index (κ2) is 16.0. The first-order valence-corrected chi connectivity index (χ1v) is 13.8. The summed E-state index contributed by atoms with van der Waals surface area (Å²) in [6, 6.07) is 18.6. The van der Waals surface area contributed by atoms with Crippen molar-refractivity contribution in [2.24, 2.45) is 0 Å². The van der Waals surface area contributed by atoms with Crippen LogP contribution in [0.4, 0.5) is 0 Å². The van der Waals surface area contributed by atoms with Crippen LogP contribution in [0, 0.1) is 0 Å². The molecule has 0 radical (unpaired) electrons. The molecule has 4 heteroatoms. The number of ether oxygens (including phenoxy) is 2. The van der Waals surface area contributed by atoms with E-state index in [0.717, 1.165) is 60.1 Å². The lowest BCUT2D eigenvalue weighted by Crippen LogP contribution is -1.97. The number of benzene rings is 2. The molecule has 0 atom stereocenters. The van der Waals surface area contributed by atoms with Crippen molar-refractivity contribution in [3.63, 3.8) is 0 Å². The quantitative estimate of drug-likeness (QED) is 0.186. The molecule has 4 nitrogen and oxygen atoms in total. The van der Waals surface area contributed by atoms with Gasteiger partial charge in [0.1, 0.15) is 11.5 Å². The van der Waals surface area contributed by atoms with Crippen LogP contribution in [0.1, 0.15) is 90.9 Å². The van der Waals surface area contributed by atoms with Crippen LogP contribution in [0.3, 0.4) is 0 Å². The zero-order valence-corrected chi connectivity index (χ0v) is 21.9. The maximum atomic E-state index is 5.91. The highest BCUT2D eigenvalue weighted by molar-refractivity contribution is 5.68. The van der Waals surface area contributed by atoms with Gasteiger partial charge in [-0.2, -0.15) is 5.10 Å². The van der Waals surface area contributed by atoms with Crippen LogP contribution >= 0.6 is 0 Å². The molecule has 3 aromatic rings. The first-order chi connectivity index (χ1) is 17.3. The molecule has 0 saturated carbocycles. The molecular weight excluding hydrogens is 432 g/mol. The van der Waals surface area contributed by atoms with Gasteiger partial charge in [0.15, 0.2) is 0 Å². The van der Waals surface area contributed by atoms with Crippen molar-refractivity contribution >= 4 is 0 Å². The van der Waals surface area contributed by atoms with Gasteiger partial charge in [-0.15, -0.1) is 0 Å². The van der Waals surface area contributed by atoms with Gasteiger partial charge in [-0.25, -0.2) is 0 Å². The van der Waals surface area contributed by atoms with E-state index in [1.54, 1.807) is 0 Å². The standard InChI is InChI=1S/C31H44N2O2/c1-3-5-7-9-11-13-23-34-28-19-15-26(16-20-28)30-25-31(33-32-30)27-17-21-29(22-18-27)35-24-14-12-10-8-6-4-2/h15-22,25H,3-14,23-24H2,1-2H3,(H,32,33). The molecule has 0 amide bonds. The third kappa shape index (κ3) is 9.79. The molecule has 1 heterocycles. The maximum absolute atomic E-state index is 5.91. The molecule has 0 aliphatic rings. The van der Waals surface area contributed by atoms with Crippen molar-refractivity contribution < 1.29 is 9.47 Å². The number of H-pyrrole nitrogens is 1. The number of hydrogen-bond donors (Lipinski definition) is 1. The average Bonchev–Trinajstić information content (AvgIpc) is 3.39. The smallest absolute Gasteiger partial charge is 0.119 e. The Labute approximate surface area is 212 Å². The molecule has 0 bridgehead atoms. The maximum Gasteiger partial charge on any atom is 0.119 e. The Hall–Kier alpha value is -2.75. The molecule has 0 aliphatic heterocycles. The predicted molar refractivity (Wildman–Crippen MR) is 147 cm³/mol. The highest BCUT2D eigenvalue weighted by Gasteiger charge is 2.07. The summed E-state index contributed by atoms with van der Waals surface area (Å²) >= 11 is 0. The fourth-order valence-electron chi connectivity index (χ4n) is 4.21. The zero-order valence-electron chi connectivity index (χ0n) is 21.9. The van der Waals surface area contributed by atoms with Gasteiger partial charge in [0.05, 0.1) is 24.6 Å². The number of nitrogens with zero attached hydrogens (tertiary/aromatic N) is 1. The molecule has 0 unspecified atom stereocenters. The lowest BCUT2D eigenvalue weighted by molar-refractivity contribution is 0.304. The summed E-state index contributed by atoms with van der Waals surface area (Å²) in [4.78, 5) is 0. The van der Waals surface area contributed by atoms with Crippen molar-refractivity contribution in [3.8, 4) is 34.0 Å². The normalized spacial score (nSPS) is 11.0. The van der Waals surface area contributed by atoms with Gasteiger partial charge >= 0.3 is 0 Å². The minimum atomic E-state index is 0.788. The molecule has 1 aromatic heterocycles. The summed E-state index contributed by atoms with van der Waals surface area (Å²) in [5, 5.41) is 7.69. The van der Waals surface area contributed by atoms with Crippen molar-refractivity contribution in [2.75, 3.05) is 13.2 Å². The predicted octanol–water partition coefficient (Wildman–Crippen LogP) is 9.22. The van der Waals surface area contributed by atoms with E-state index in [-0.39, 0.29) is 0 Å². The first-order valence-electron chi connectivity index (χ1n) is 13.8. The van der Waals surface area contributed by atoms with Crippen LogP contribution < -0.4 is 9.47 Å². The van der Waals surface area contributed by atoms with Crippen LogP contribution in [-0.4, -0.2) is 23.4 Å². The summed E-state index contributed by atoms with van der Waals surface area (Å²) in [6.07, 6.45) is 15.3. The second-order valence-electron chi connectivity index (χ2n) is 9.45. The van der Waals surface area contributed by atoms with E-state index in [0.29, 0.717) is 0 Å². The number of unbranched alkanes of at least 4 members (excludes halogenated alkanes) is 10. The minimum Gasteiger partial charge on any atom is -0.494 e. The molecule has 2 aromatic carbocycles. The number of hydrogen-bond acceptors (Lipinski definition) is 3. The van der Waals surface area contributed by atoms with Crippen LogP contribution in [-0.2, 0) is 0 Å². The summed E-state index contributed by atoms with van der Waals surface area (Å²) in [5.41, 5.74) is 4.13. The number of aromatic amines is 1. The van der Waals surface area contributed by atoms with Crippen molar-refractivity contribution in [1.82, 2.24) is 10.2 Å². The summed E-state index contributed by atoms with van der Waals surface area (Å²) in [5.74, 6) is 1.85. The van der Waals surface area contributed by atoms with Gasteiger partial charge in [0.25, 0.3) is 0 Å². The Bertz CT molecular complexity index is 855.